The largest absolute Gasteiger partial charge is 0.381 e. The highest BCUT2D eigenvalue weighted by molar-refractivity contribution is 4.95. The highest BCUT2D eigenvalue weighted by atomic mass is 16.5. The normalized spacial score (nSPS) is 39.2. The molecule has 0 aliphatic carbocycles. The molecule has 3 atom stereocenters. The summed E-state index contributed by atoms with van der Waals surface area (Å²) in [5.74, 6) is 6.18. The second-order valence-electron chi connectivity index (χ2n) is 4.89. The molecular formula is C11H22N2O2. The molecule has 0 spiro atoms. The van der Waals surface area contributed by atoms with Crippen LogP contribution in [0.5, 0.6) is 0 Å². The van der Waals surface area contributed by atoms with Crippen molar-refractivity contribution in [2.24, 2.45) is 11.8 Å². The van der Waals surface area contributed by atoms with E-state index >= 15 is 0 Å². The van der Waals surface area contributed by atoms with E-state index in [1.807, 2.05) is 0 Å². The third kappa shape index (κ3) is 2.33. The van der Waals surface area contributed by atoms with Crippen LogP contribution in [0.1, 0.15) is 32.6 Å². The van der Waals surface area contributed by atoms with Gasteiger partial charge in [0, 0.05) is 19.1 Å². The molecule has 0 bridgehead atoms. The van der Waals surface area contributed by atoms with Crippen molar-refractivity contribution in [2.45, 2.75) is 44.2 Å². The van der Waals surface area contributed by atoms with Crippen LogP contribution in [0.4, 0.5) is 0 Å². The smallest absolute Gasteiger partial charge is 0.0824 e. The Kier molecular flexibility index (Phi) is 3.61. The summed E-state index contributed by atoms with van der Waals surface area (Å²) in [7, 11) is 0. The maximum absolute atomic E-state index is 5.85. The van der Waals surface area contributed by atoms with Gasteiger partial charge in [0.25, 0.3) is 0 Å². The fraction of sp³-hybridized carbons (Fsp3) is 1.00. The topological polar surface area (TPSA) is 56.5 Å². The molecule has 2 heterocycles. The van der Waals surface area contributed by atoms with Crippen molar-refractivity contribution in [3.05, 3.63) is 0 Å². The van der Waals surface area contributed by atoms with Gasteiger partial charge in [-0.3, -0.25) is 11.3 Å². The third-order valence-electron chi connectivity index (χ3n) is 3.75. The Morgan fingerprint density at radius 3 is 2.80 bits per heavy atom. The van der Waals surface area contributed by atoms with Crippen molar-refractivity contribution in [3.8, 4) is 0 Å². The summed E-state index contributed by atoms with van der Waals surface area (Å²) in [5, 5.41) is 0. The summed E-state index contributed by atoms with van der Waals surface area (Å²) in [6.07, 6.45) is 4.56. The Morgan fingerprint density at radius 1 is 1.40 bits per heavy atom. The van der Waals surface area contributed by atoms with Gasteiger partial charge in [-0.25, -0.2) is 0 Å². The Balaban J connectivity index is 2.01. The van der Waals surface area contributed by atoms with Crippen LogP contribution in [0, 0.1) is 5.92 Å². The molecule has 0 saturated carbocycles. The van der Waals surface area contributed by atoms with E-state index in [-0.39, 0.29) is 11.6 Å². The second kappa shape index (κ2) is 4.78. The molecule has 2 rings (SSSR count). The molecule has 0 amide bonds. The van der Waals surface area contributed by atoms with E-state index < -0.39 is 0 Å². The molecule has 2 aliphatic rings. The summed E-state index contributed by atoms with van der Waals surface area (Å²) in [6.45, 7) is 4.74. The fourth-order valence-corrected chi connectivity index (χ4v) is 2.89. The van der Waals surface area contributed by atoms with Crippen molar-refractivity contribution in [3.63, 3.8) is 0 Å². The van der Waals surface area contributed by atoms with E-state index in [1.165, 1.54) is 6.42 Å². The van der Waals surface area contributed by atoms with Gasteiger partial charge in [0.2, 0.25) is 0 Å². The van der Waals surface area contributed by atoms with Crippen molar-refractivity contribution >= 4 is 0 Å². The average molecular weight is 214 g/mol. The first kappa shape index (κ1) is 11.3. The molecule has 0 aromatic rings. The summed E-state index contributed by atoms with van der Waals surface area (Å²) in [4.78, 5) is 0. The molecule has 0 radical (unpaired) electrons. The summed E-state index contributed by atoms with van der Waals surface area (Å²) < 4.78 is 11.4. The van der Waals surface area contributed by atoms with Gasteiger partial charge in [-0.15, -0.1) is 0 Å². The zero-order valence-corrected chi connectivity index (χ0v) is 9.50. The number of ether oxygens (including phenoxy) is 2. The van der Waals surface area contributed by atoms with Gasteiger partial charge >= 0.3 is 0 Å². The predicted molar refractivity (Wildman–Crippen MR) is 58.2 cm³/mol. The maximum Gasteiger partial charge on any atom is 0.0824 e. The lowest BCUT2D eigenvalue weighted by atomic mass is 9.81. The van der Waals surface area contributed by atoms with Gasteiger partial charge in [0.05, 0.1) is 18.2 Å². The average Bonchev–Trinajstić information content (AvgIpc) is 2.68. The van der Waals surface area contributed by atoms with Crippen molar-refractivity contribution < 1.29 is 9.47 Å². The molecule has 3 unspecified atom stereocenters. The monoisotopic (exact) mass is 214 g/mol. The molecule has 2 fully saturated rings. The molecule has 4 heteroatoms. The molecule has 2 aliphatic heterocycles. The number of nitrogens with one attached hydrogen (secondary N) is 1. The van der Waals surface area contributed by atoms with Crippen molar-refractivity contribution in [1.29, 1.82) is 0 Å². The van der Waals surface area contributed by atoms with Crippen LogP contribution in [0.3, 0.4) is 0 Å². The number of hydrazine groups is 1. The van der Waals surface area contributed by atoms with E-state index in [2.05, 4.69) is 12.3 Å². The van der Waals surface area contributed by atoms with E-state index in [4.69, 9.17) is 15.3 Å². The Bertz CT molecular complexity index is 199. The van der Waals surface area contributed by atoms with Crippen LogP contribution in [0.25, 0.3) is 0 Å². The lowest BCUT2D eigenvalue weighted by Crippen LogP contribution is -2.57. The molecule has 4 nitrogen and oxygen atoms in total. The van der Waals surface area contributed by atoms with E-state index in [0.29, 0.717) is 5.92 Å². The Hall–Kier alpha value is -0.160. The van der Waals surface area contributed by atoms with Crippen LogP contribution in [-0.4, -0.2) is 31.5 Å². The van der Waals surface area contributed by atoms with Gasteiger partial charge < -0.3 is 9.47 Å². The van der Waals surface area contributed by atoms with Crippen LogP contribution in [0.2, 0.25) is 0 Å². The van der Waals surface area contributed by atoms with Crippen LogP contribution < -0.4 is 11.3 Å². The van der Waals surface area contributed by atoms with Crippen LogP contribution >= 0.6 is 0 Å². The number of hydrogen-bond acceptors (Lipinski definition) is 4. The highest BCUT2D eigenvalue weighted by Crippen LogP contribution is 2.34. The van der Waals surface area contributed by atoms with E-state index in [9.17, 15) is 0 Å². The highest BCUT2D eigenvalue weighted by Gasteiger charge is 2.42. The quantitative estimate of drug-likeness (QED) is 0.539. The minimum absolute atomic E-state index is 0.0971. The van der Waals surface area contributed by atoms with E-state index in [0.717, 1.165) is 39.1 Å². The van der Waals surface area contributed by atoms with E-state index in [1.54, 1.807) is 0 Å². The molecule has 0 aromatic carbocycles. The first-order valence-corrected chi connectivity index (χ1v) is 5.94. The Labute approximate surface area is 91.5 Å². The fourth-order valence-electron chi connectivity index (χ4n) is 2.89. The van der Waals surface area contributed by atoms with Gasteiger partial charge in [0.15, 0.2) is 0 Å². The molecule has 88 valence electrons. The van der Waals surface area contributed by atoms with Crippen LogP contribution in [0.15, 0.2) is 0 Å². The summed E-state index contributed by atoms with van der Waals surface area (Å²) in [5.41, 5.74) is 2.85. The molecular weight excluding hydrogens is 192 g/mol. The predicted octanol–water partition coefficient (Wildman–Crippen LogP) is 0.814. The Morgan fingerprint density at radius 2 is 2.27 bits per heavy atom. The maximum atomic E-state index is 5.85. The lowest BCUT2D eigenvalue weighted by molar-refractivity contribution is -0.0569. The number of hydrogen-bond donors (Lipinski definition) is 2. The third-order valence-corrected chi connectivity index (χ3v) is 3.75. The van der Waals surface area contributed by atoms with Crippen molar-refractivity contribution in [1.82, 2.24) is 5.43 Å². The standard InChI is InChI=1S/C11H22N2O2/c1-11(5-3-7-15-11)10(13-12)9-4-2-6-14-8-9/h9-10,13H,2-8,12H2,1H3. The van der Waals surface area contributed by atoms with Crippen molar-refractivity contribution in [2.75, 3.05) is 19.8 Å². The molecule has 3 N–H and O–H groups in total. The minimum Gasteiger partial charge on any atom is -0.381 e. The first-order chi connectivity index (χ1) is 7.26. The van der Waals surface area contributed by atoms with Gasteiger partial charge in [-0.05, 0) is 32.6 Å². The molecule has 0 aromatic heterocycles. The van der Waals surface area contributed by atoms with Gasteiger partial charge in [-0.2, -0.15) is 0 Å². The zero-order valence-electron chi connectivity index (χ0n) is 9.50. The summed E-state index contributed by atoms with van der Waals surface area (Å²) in [6, 6.07) is 0.223. The summed E-state index contributed by atoms with van der Waals surface area (Å²) >= 11 is 0. The van der Waals surface area contributed by atoms with Gasteiger partial charge in [-0.1, -0.05) is 0 Å². The minimum atomic E-state index is -0.0971. The second-order valence-corrected chi connectivity index (χ2v) is 4.89. The van der Waals surface area contributed by atoms with Gasteiger partial charge in [0.1, 0.15) is 0 Å². The molecule has 2 saturated heterocycles. The lowest BCUT2D eigenvalue weighted by Gasteiger charge is -2.39. The number of rotatable bonds is 3. The number of nitrogens with two attached hydrogens (primary N) is 1. The SMILES string of the molecule is CC1(C(NN)C2CCCOC2)CCCO1. The van der Waals surface area contributed by atoms with Crippen LogP contribution in [-0.2, 0) is 9.47 Å². The molecule has 15 heavy (non-hydrogen) atoms. The first-order valence-electron chi connectivity index (χ1n) is 5.94. The zero-order chi connectivity index (χ0) is 10.7.